The average Bonchev–Trinajstić information content (AvgIpc) is 3.27. The fourth-order valence-corrected chi connectivity index (χ4v) is 8.87. The van der Waals surface area contributed by atoms with E-state index in [0.717, 1.165) is 69.6 Å². The van der Waals surface area contributed by atoms with Crippen LogP contribution in [0.3, 0.4) is 0 Å². The van der Waals surface area contributed by atoms with E-state index in [1.165, 1.54) is 212 Å². The lowest BCUT2D eigenvalue weighted by atomic mass is 10.0. The molecule has 380 valence electrons. The second-order valence-corrected chi connectivity index (χ2v) is 20.9. The van der Waals surface area contributed by atoms with Crippen molar-refractivity contribution in [2.75, 3.05) is 13.2 Å². The third-order valence-electron chi connectivity index (χ3n) is 13.2. The van der Waals surface area contributed by atoms with Crippen molar-refractivity contribution >= 4 is 17.9 Å². The van der Waals surface area contributed by atoms with Gasteiger partial charge in [0.15, 0.2) is 6.10 Å². The Kier molecular flexibility index (Phi) is 49.6. The Bertz CT molecular complexity index is 978. The molecule has 0 aromatic carbocycles. The summed E-state index contributed by atoms with van der Waals surface area (Å²) in [5.74, 6) is 0.859. The Morgan fingerprint density at radius 2 is 0.516 bits per heavy atom. The maximum absolute atomic E-state index is 12.8. The van der Waals surface area contributed by atoms with Crippen LogP contribution < -0.4 is 0 Å². The fraction of sp³-hybridized carbons (Fsp3) is 0.948. The molecule has 64 heavy (non-hydrogen) atoms. The highest BCUT2D eigenvalue weighted by molar-refractivity contribution is 5.71. The lowest BCUT2D eigenvalue weighted by molar-refractivity contribution is -0.167. The van der Waals surface area contributed by atoms with Gasteiger partial charge in [0.2, 0.25) is 0 Å². The van der Waals surface area contributed by atoms with Crippen molar-refractivity contribution < 1.29 is 28.6 Å². The van der Waals surface area contributed by atoms with Crippen LogP contribution in [-0.2, 0) is 28.6 Å². The van der Waals surface area contributed by atoms with E-state index in [1.807, 2.05) is 0 Å². The molecule has 0 radical (unpaired) electrons. The summed E-state index contributed by atoms with van der Waals surface area (Å²) in [6, 6.07) is 0. The van der Waals surface area contributed by atoms with Gasteiger partial charge in [-0.25, -0.2) is 0 Å². The summed E-state index contributed by atoms with van der Waals surface area (Å²) in [7, 11) is 0. The fourth-order valence-electron chi connectivity index (χ4n) is 8.87. The molecule has 0 N–H and O–H groups in total. The number of esters is 3. The van der Waals surface area contributed by atoms with E-state index in [2.05, 4.69) is 34.6 Å². The highest BCUT2D eigenvalue weighted by Gasteiger charge is 2.19. The molecule has 0 unspecified atom stereocenters. The molecule has 0 amide bonds. The number of hydrogen-bond donors (Lipinski definition) is 0. The van der Waals surface area contributed by atoms with Gasteiger partial charge >= 0.3 is 17.9 Å². The van der Waals surface area contributed by atoms with E-state index in [1.54, 1.807) is 0 Å². The highest BCUT2D eigenvalue weighted by Crippen LogP contribution is 2.18. The molecule has 0 rings (SSSR count). The standard InChI is InChI=1S/C58H112O6/c1-6-7-8-9-10-26-33-38-43-48-56(59)62-51-55(52-63-57(60)49-44-39-34-29-24-20-17-13-15-19-23-28-32-37-42-47-54(4)5)64-58(61)50-45-40-35-30-25-21-16-12-11-14-18-22-27-31-36-41-46-53(2)3/h53-55H,6-52H2,1-5H3/t55-/m0/s1. The van der Waals surface area contributed by atoms with Gasteiger partial charge in [0, 0.05) is 19.3 Å². The van der Waals surface area contributed by atoms with Crippen LogP contribution in [0.4, 0.5) is 0 Å². The van der Waals surface area contributed by atoms with Gasteiger partial charge in [0.1, 0.15) is 13.2 Å². The maximum Gasteiger partial charge on any atom is 0.306 e. The van der Waals surface area contributed by atoms with Crippen molar-refractivity contribution in [1.29, 1.82) is 0 Å². The van der Waals surface area contributed by atoms with Crippen LogP contribution in [0.5, 0.6) is 0 Å². The lowest BCUT2D eigenvalue weighted by Gasteiger charge is -2.18. The van der Waals surface area contributed by atoms with Gasteiger partial charge < -0.3 is 14.2 Å². The molecule has 0 saturated carbocycles. The Morgan fingerprint density at radius 1 is 0.297 bits per heavy atom. The molecule has 0 saturated heterocycles. The summed E-state index contributed by atoms with van der Waals surface area (Å²) in [6.45, 7) is 11.4. The number of rotatable bonds is 52. The zero-order valence-corrected chi connectivity index (χ0v) is 43.9. The van der Waals surface area contributed by atoms with Crippen molar-refractivity contribution in [3.63, 3.8) is 0 Å². The zero-order valence-electron chi connectivity index (χ0n) is 43.9. The molecule has 0 aliphatic carbocycles. The van der Waals surface area contributed by atoms with Gasteiger partial charge in [-0.2, -0.15) is 0 Å². The van der Waals surface area contributed by atoms with Crippen molar-refractivity contribution in [1.82, 2.24) is 0 Å². The van der Waals surface area contributed by atoms with E-state index < -0.39 is 6.10 Å². The topological polar surface area (TPSA) is 78.9 Å². The number of unbranched alkanes of at least 4 members (excludes halogenated alkanes) is 37. The van der Waals surface area contributed by atoms with Gasteiger partial charge in [-0.05, 0) is 31.1 Å². The third-order valence-corrected chi connectivity index (χ3v) is 13.2. The molecule has 0 aliphatic rings. The largest absolute Gasteiger partial charge is 0.462 e. The second-order valence-electron chi connectivity index (χ2n) is 20.9. The normalized spacial score (nSPS) is 12.0. The summed E-state index contributed by atoms with van der Waals surface area (Å²) in [6.07, 6.45) is 53.9. The summed E-state index contributed by atoms with van der Waals surface area (Å²) in [5, 5.41) is 0. The molecular formula is C58H112O6. The van der Waals surface area contributed by atoms with Gasteiger partial charge in [0.05, 0.1) is 0 Å². The predicted molar refractivity (Wildman–Crippen MR) is 275 cm³/mol. The van der Waals surface area contributed by atoms with Crippen LogP contribution >= 0.6 is 0 Å². The van der Waals surface area contributed by atoms with Crippen LogP contribution in [0.15, 0.2) is 0 Å². The van der Waals surface area contributed by atoms with Crippen LogP contribution in [-0.4, -0.2) is 37.2 Å². The molecule has 0 spiro atoms. The smallest absolute Gasteiger partial charge is 0.306 e. The van der Waals surface area contributed by atoms with E-state index in [9.17, 15) is 14.4 Å². The summed E-state index contributed by atoms with van der Waals surface area (Å²) in [5.41, 5.74) is 0. The molecule has 0 aromatic heterocycles. The molecular weight excluding hydrogens is 793 g/mol. The third kappa shape index (κ3) is 51.4. The van der Waals surface area contributed by atoms with E-state index >= 15 is 0 Å². The van der Waals surface area contributed by atoms with Gasteiger partial charge in [0.25, 0.3) is 0 Å². The Balaban J connectivity index is 4.21. The first-order valence-electron chi connectivity index (χ1n) is 28.7. The molecule has 1 atom stereocenters. The number of carbonyl (C=O) groups is 3. The quantitative estimate of drug-likeness (QED) is 0.0344. The minimum Gasteiger partial charge on any atom is -0.462 e. The molecule has 0 aliphatic heterocycles. The summed E-state index contributed by atoms with van der Waals surface area (Å²) in [4.78, 5) is 38.0. The van der Waals surface area contributed by atoms with Gasteiger partial charge in [-0.3, -0.25) is 14.4 Å². The monoisotopic (exact) mass is 905 g/mol. The lowest BCUT2D eigenvalue weighted by Crippen LogP contribution is -2.30. The first-order chi connectivity index (χ1) is 31.2. The van der Waals surface area contributed by atoms with Crippen LogP contribution in [0.25, 0.3) is 0 Å². The SMILES string of the molecule is CCCCCCCCCCCC(=O)OC[C@@H](COC(=O)CCCCCCCCCCCCCCCCCC(C)C)OC(=O)CCCCCCCCCCCCCCCCCCC(C)C. The van der Waals surface area contributed by atoms with Crippen LogP contribution in [0.2, 0.25) is 0 Å². The Morgan fingerprint density at radius 3 is 0.766 bits per heavy atom. The van der Waals surface area contributed by atoms with Gasteiger partial charge in [-0.15, -0.1) is 0 Å². The first-order valence-corrected chi connectivity index (χ1v) is 28.7. The van der Waals surface area contributed by atoms with Crippen molar-refractivity contribution in [2.24, 2.45) is 11.8 Å². The van der Waals surface area contributed by atoms with Crippen molar-refractivity contribution in [2.45, 2.75) is 330 Å². The molecule has 6 nitrogen and oxygen atoms in total. The van der Waals surface area contributed by atoms with E-state index in [-0.39, 0.29) is 31.1 Å². The molecule has 0 bridgehead atoms. The average molecular weight is 906 g/mol. The predicted octanol–water partition coefficient (Wildman–Crippen LogP) is 18.9. The van der Waals surface area contributed by atoms with E-state index in [0.29, 0.717) is 19.3 Å². The Labute approximate surface area is 399 Å². The molecule has 0 aromatic rings. The Hall–Kier alpha value is -1.59. The maximum atomic E-state index is 12.8. The number of carbonyl (C=O) groups excluding carboxylic acids is 3. The van der Waals surface area contributed by atoms with Gasteiger partial charge in [-0.1, -0.05) is 285 Å². The molecule has 0 fully saturated rings. The van der Waals surface area contributed by atoms with E-state index in [4.69, 9.17) is 14.2 Å². The number of ether oxygens (including phenoxy) is 3. The first kappa shape index (κ1) is 62.4. The van der Waals surface area contributed by atoms with Crippen molar-refractivity contribution in [3.8, 4) is 0 Å². The zero-order chi connectivity index (χ0) is 46.8. The van der Waals surface area contributed by atoms with Crippen molar-refractivity contribution in [3.05, 3.63) is 0 Å². The molecule has 6 heteroatoms. The second kappa shape index (κ2) is 50.8. The van der Waals surface area contributed by atoms with Crippen LogP contribution in [0, 0.1) is 11.8 Å². The highest BCUT2D eigenvalue weighted by atomic mass is 16.6. The number of hydrogen-bond acceptors (Lipinski definition) is 6. The summed E-state index contributed by atoms with van der Waals surface area (Å²) < 4.78 is 16.8. The molecule has 0 heterocycles. The van der Waals surface area contributed by atoms with Crippen LogP contribution in [0.1, 0.15) is 324 Å². The minimum atomic E-state index is -0.761. The summed E-state index contributed by atoms with van der Waals surface area (Å²) >= 11 is 0. The minimum absolute atomic E-state index is 0.0627.